The lowest BCUT2D eigenvalue weighted by atomic mass is 9.78. The zero-order valence-corrected chi connectivity index (χ0v) is 87.5. The molecule has 4 unspecified atom stereocenters. The van der Waals surface area contributed by atoms with Gasteiger partial charge in [0.1, 0.15) is 5.75 Å². The van der Waals surface area contributed by atoms with Crippen molar-refractivity contribution in [2.45, 2.75) is 188 Å². The average Bonchev–Trinajstić information content (AvgIpc) is 1.58. The molecular formula is C141H138N4O2. The number of nitrogens with zero attached hydrogens (tertiary/aromatic N) is 4. The number of anilines is 6. The number of hydrogen-bond donors (Lipinski definition) is 0. The van der Waals surface area contributed by atoms with Crippen molar-refractivity contribution < 1.29 is 9.47 Å². The summed E-state index contributed by atoms with van der Waals surface area (Å²) in [4.78, 5) is 4.63. The number of para-hydroxylation sites is 4. The van der Waals surface area contributed by atoms with Crippen molar-refractivity contribution in [2.24, 2.45) is 5.41 Å². The number of benzene rings is 18. The first-order valence-corrected chi connectivity index (χ1v) is 54.0. The fourth-order valence-corrected chi connectivity index (χ4v) is 22.6. The SMILES string of the molecule is CCC(CC(C)c1ccc(-c2ccc3c(c2)c2cc(-c4ccc(N(c5ccccc5)c5ccccc5)cc4)ccc2n3-c2ccc(C(C)(C)C)cc2)cc1)c1ccc(-c2ccc(-c3ccc4c(c3)CC4)cc2)cc1.CCC(CC(C)c1ccc(-c2ccc3c(c2)c2cc(-c4ccc(N(c5ccccc5)c5ccccc5)cc4)ccc2n3-c2ccc(C(C)(C)C)cc2)cc1)c1ccc(OCCCCCCC2(CC)COC2)cc1. The molecule has 0 bridgehead atoms. The van der Waals surface area contributed by atoms with E-state index in [9.17, 15) is 0 Å². The van der Waals surface area contributed by atoms with Crippen molar-refractivity contribution in [1.82, 2.24) is 9.13 Å². The lowest BCUT2D eigenvalue weighted by Gasteiger charge is -2.41. The van der Waals surface area contributed by atoms with Gasteiger partial charge in [-0.3, -0.25) is 0 Å². The summed E-state index contributed by atoms with van der Waals surface area (Å²) in [5.74, 6) is 2.81. The molecule has 20 aromatic rings. The molecule has 0 spiro atoms. The highest BCUT2D eigenvalue weighted by Gasteiger charge is 2.36. The number of fused-ring (bicyclic) bond motifs is 7. The van der Waals surface area contributed by atoms with E-state index in [-0.39, 0.29) is 10.8 Å². The first-order chi connectivity index (χ1) is 71.7. The van der Waals surface area contributed by atoms with Crippen LogP contribution in [-0.4, -0.2) is 29.0 Å². The van der Waals surface area contributed by atoms with E-state index in [1.165, 1.54) is 211 Å². The first-order valence-electron chi connectivity index (χ1n) is 54.0. The Kier molecular flexibility index (Phi) is 28.9. The highest BCUT2D eigenvalue weighted by Crippen LogP contribution is 2.47. The summed E-state index contributed by atoms with van der Waals surface area (Å²) in [5, 5.41) is 4.99. The summed E-state index contributed by atoms with van der Waals surface area (Å²) in [6, 6.07) is 160. The molecule has 6 nitrogen and oxygen atoms in total. The minimum absolute atomic E-state index is 0.0767. The van der Waals surface area contributed by atoms with Crippen molar-refractivity contribution in [3.63, 3.8) is 0 Å². The van der Waals surface area contributed by atoms with Crippen molar-refractivity contribution in [1.29, 1.82) is 0 Å². The highest BCUT2D eigenvalue weighted by molar-refractivity contribution is 6.13. The van der Waals surface area contributed by atoms with Crippen LogP contribution in [0.2, 0.25) is 0 Å². The second-order valence-corrected chi connectivity index (χ2v) is 43.6. The van der Waals surface area contributed by atoms with Crippen LogP contribution < -0.4 is 14.5 Å². The van der Waals surface area contributed by atoms with E-state index in [4.69, 9.17) is 9.47 Å². The highest BCUT2D eigenvalue weighted by atomic mass is 16.5. The minimum Gasteiger partial charge on any atom is -0.494 e. The summed E-state index contributed by atoms with van der Waals surface area (Å²) >= 11 is 0. The fourth-order valence-electron chi connectivity index (χ4n) is 22.6. The van der Waals surface area contributed by atoms with Gasteiger partial charge in [0.25, 0.3) is 0 Å². The number of aromatic nitrogens is 2. The Bertz CT molecular complexity index is 7780. The molecule has 147 heavy (non-hydrogen) atoms. The molecule has 0 amide bonds. The quantitative estimate of drug-likeness (QED) is 0.0384. The van der Waals surface area contributed by atoms with Crippen LogP contribution in [0.4, 0.5) is 34.1 Å². The molecule has 2 aliphatic rings. The second-order valence-electron chi connectivity index (χ2n) is 43.6. The van der Waals surface area contributed by atoms with Crippen LogP contribution in [0.5, 0.6) is 5.75 Å². The topological polar surface area (TPSA) is 34.8 Å². The van der Waals surface area contributed by atoms with E-state index in [1.54, 1.807) is 0 Å². The van der Waals surface area contributed by atoms with Crippen LogP contribution in [0, 0.1) is 5.41 Å². The number of unbranched alkanes of at least 4 members (excludes halogenated alkanes) is 3. The average molecular weight is 1920 g/mol. The van der Waals surface area contributed by atoms with Gasteiger partial charge >= 0.3 is 0 Å². The smallest absolute Gasteiger partial charge is 0.119 e. The molecule has 2 aromatic heterocycles. The molecule has 6 heteroatoms. The van der Waals surface area contributed by atoms with Gasteiger partial charge in [0.05, 0.1) is 41.9 Å². The molecule has 1 saturated heterocycles. The number of rotatable bonds is 33. The van der Waals surface area contributed by atoms with Gasteiger partial charge in [-0.15, -0.1) is 0 Å². The van der Waals surface area contributed by atoms with E-state index < -0.39 is 0 Å². The Hall–Kier alpha value is -15.1. The molecule has 734 valence electrons. The zero-order chi connectivity index (χ0) is 101. The van der Waals surface area contributed by atoms with Gasteiger partial charge in [0.2, 0.25) is 0 Å². The van der Waals surface area contributed by atoms with Gasteiger partial charge in [0.15, 0.2) is 0 Å². The molecule has 4 atom stereocenters. The molecule has 0 radical (unpaired) electrons. The molecule has 1 fully saturated rings. The molecule has 1 aliphatic heterocycles. The van der Waals surface area contributed by atoms with Crippen LogP contribution in [0.25, 0.3) is 122 Å². The van der Waals surface area contributed by atoms with Crippen LogP contribution in [0.15, 0.2) is 431 Å². The third kappa shape index (κ3) is 21.4. The fraction of sp³-hybridized carbons (Fsp3) is 0.234. The van der Waals surface area contributed by atoms with E-state index in [1.807, 2.05) is 0 Å². The van der Waals surface area contributed by atoms with E-state index in [0.29, 0.717) is 29.1 Å². The van der Waals surface area contributed by atoms with Gasteiger partial charge < -0.3 is 28.4 Å². The maximum absolute atomic E-state index is 6.19. The predicted octanol–water partition coefficient (Wildman–Crippen LogP) is 39.3. The second kappa shape index (κ2) is 43.3. The Morgan fingerprint density at radius 1 is 0.293 bits per heavy atom. The molecular weight excluding hydrogens is 1780 g/mol. The van der Waals surface area contributed by atoms with Crippen molar-refractivity contribution in [2.75, 3.05) is 29.6 Å². The summed E-state index contributed by atoms with van der Waals surface area (Å²) in [6.45, 7) is 28.1. The van der Waals surface area contributed by atoms with E-state index in [2.05, 4.69) is 526 Å². The van der Waals surface area contributed by atoms with Gasteiger partial charge in [-0.1, -0.05) is 368 Å². The van der Waals surface area contributed by atoms with Gasteiger partial charge in [-0.25, -0.2) is 0 Å². The van der Waals surface area contributed by atoms with Crippen LogP contribution >= 0.6 is 0 Å². The third-order valence-corrected chi connectivity index (χ3v) is 32.0. The van der Waals surface area contributed by atoms with Crippen molar-refractivity contribution in [3.8, 4) is 83.9 Å². The third-order valence-electron chi connectivity index (χ3n) is 32.0. The summed E-state index contributed by atoms with van der Waals surface area (Å²) < 4.78 is 16.6. The Morgan fingerprint density at radius 2 is 0.585 bits per heavy atom. The normalized spacial score (nSPS) is 13.7. The first kappa shape index (κ1) is 98.0. The largest absolute Gasteiger partial charge is 0.494 e. The molecule has 1 aliphatic carbocycles. The lowest BCUT2D eigenvalue weighted by molar-refractivity contribution is -0.120. The van der Waals surface area contributed by atoms with E-state index >= 15 is 0 Å². The van der Waals surface area contributed by atoms with Crippen LogP contribution in [-0.2, 0) is 28.4 Å². The zero-order valence-electron chi connectivity index (χ0n) is 87.5. The van der Waals surface area contributed by atoms with Crippen molar-refractivity contribution in [3.05, 3.63) is 475 Å². The van der Waals surface area contributed by atoms with E-state index in [0.717, 1.165) is 91.8 Å². The minimum atomic E-state index is 0.0767. The Balaban J connectivity index is 0.000000173. The Morgan fingerprint density at radius 3 is 0.898 bits per heavy atom. The monoisotopic (exact) mass is 1920 g/mol. The van der Waals surface area contributed by atoms with Gasteiger partial charge in [-0.05, 0) is 361 Å². The van der Waals surface area contributed by atoms with Gasteiger partial charge in [0, 0.05) is 72.5 Å². The standard InChI is InChI=1S/C72H64N2.C69H74N2O2/c1-6-50(52-21-23-53(24-22-52)54-25-27-55(28-26-54)59-31-29-56-30-32-60(56)46-59)45-49(2)51-17-19-57(20-18-51)61-35-43-70-68(47-61)69-48-62(36-44-71(69)74(70)67-41-37-63(38-42-67)72(3,4)5)58-33-39-66(40-34-58)73(64-13-9-7-10-14-64)65-15-11-8-12-16-65;1-7-51(53-29-39-63(40-30-53)73-44-18-10-9-17-43-69(8-2)48-72-49-69)45-50(3)52-23-25-54(26-24-52)56-31-41-66-64(46-56)65-47-57(32-42-67(65)71(66)62-37-33-58(34-38-62)68(4,5)6)55-27-35-61(36-28-55)70(59-19-13-11-14-20-59)60-21-15-12-16-22-60/h7-29,31,33-44,46-50H,6,30,32,45H2,1-5H3;11-16,19-42,46-47,50-51H,7-10,17-18,43-45,48-49H2,1-6H3. The number of hydrogen-bond acceptors (Lipinski definition) is 4. The van der Waals surface area contributed by atoms with Crippen LogP contribution in [0.1, 0.15) is 209 Å². The molecule has 22 rings (SSSR count). The summed E-state index contributed by atoms with van der Waals surface area (Å²) in [6.07, 6.45) is 14.3. The predicted molar refractivity (Wildman–Crippen MR) is 625 cm³/mol. The maximum atomic E-state index is 6.19. The van der Waals surface area contributed by atoms with Gasteiger partial charge in [-0.2, -0.15) is 0 Å². The molecule has 0 saturated carbocycles. The Labute approximate surface area is 872 Å². The number of ether oxygens (including phenoxy) is 2. The van der Waals surface area contributed by atoms with Crippen molar-refractivity contribution >= 4 is 77.7 Å². The molecule has 18 aromatic carbocycles. The van der Waals surface area contributed by atoms with Crippen LogP contribution in [0.3, 0.4) is 0 Å². The summed E-state index contributed by atoms with van der Waals surface area (Å²) in [7, 11) is 0. The summed E-state index contributed by atoms with van der Waals surface area (Å²) in [5.41, 5.74) is 40.7. The molecule has 0 N–H and O–H groups in total. The number of aryl methyl sites for hydroxylation is 2. The molecule has 3 heterocycles. The lowest BCUT2D eigenvalue weighted by Crippen LogP contribution is -2.41. The maximum Gasteiger partial charge on any atom is 0.119 e.